The van der Waals surface area contributed by atoms with E-state index in [9.17, 15) is 4.79 Å². The summed E-state index contributed by atoms with van der Waals surface area (Å²) in [5.74, 6) is 2.28. The number of ether oxygens (including phenoxy) is 1. The highest BCUT2D eigenvalue weighted by Gasteiger charge is 2.26. The first-order valence-corrected chi connectivity index (χ1v) is 11.6. The maximum atomic E-state index is 12.6. The van der Waals surface area contributed by atoms with Crippen molar-refractivity contribution in [3.8, 4) is 16.5 Å². The lowest BCUT2D eigenvalue weighted by Crippen LogP contribution is -2.40. The van der Waals surface area contributed by atoms with Gasteiger partial charge in [0.15, 0.2) is 0 Å². The molecule has 1 aliphatic heterocycles. The van der Waals surface area contributed by atoms with Gasteiger partial charge in [0.25, 0.3) is 0 Å². The molecule has 0 radical (unpaired) electrons. The van der Waals surface area contributed by atoms with Crippen molar-refractivity contribution in [1.29, 1.82) is 0 Å². The van der Waals surface area contributed by atoms with Gasteiger partial charge in [-0.3, -0.25) is 9.69 Å². The van der Waals surface area contributed by atoms with Gasteiger partial charge in [0.05, 0.1) is 17.5 Å². The lowest BCUT2D eigenvalue weighted by Gasteiger charge is -2.30. The molecule has 2 aromatic heterocycles. The molecule has 3 heterocycles. The van der Waals surface area contributed by atoms with Gasteiger partial charge < -0.3 is 14.6 Å². The minimum Gasteiger partial charge on any atom is -0.491 e. The van der Waals surface area contributed by atoms with E-state index in [0.717, 1.165) is 42.1 Å². The minimum atomic E-state index is 0.0455. The van der Waals surface area contributed by atoms with Crippen molar-refractivity contribution in [3.63, 3.8) is 0 Å². The topological polar surface area (TPSA) is 80.5 Å². The van der Waals surface area contributed by atoms with Crippen molar-refractivity contribution in [2.75, 3.05) is 13.1 Å². The maximum absolute atomic E-state index is 12.6. The normalized spacial score (nSPS) is 15.3. The molecule has 0 aliphatic carbocycles. The average Bonchev–Trinajstić information content (AvgIpc) is 3.45. The van der Waals surface area contributed by atoms with Gasteiger partial charge in [-0.05, 0) is 68.9 Å². The molecule has 8 heteroatoms. The predicted octanol–water partition coefficient (Wildman–Crippen LogP) is 4.11. The molecule has 0 atom stereocenters. The van der Waals surface area contributed by atoms with Gasteiger partial charge in [0.1, 0.15) is 5.75 Å². The largest absolute Gasteiger partial charge is 0.491 e. The Labute approximate surface area is 186 Å². The van der Waals surface area contributed by atoms with Crippen LogP contribution >= 0.6 is 11.3 Å². The molecule has 1 saturated heterocycles. The summed E-state index contributed by atoms with van der Waals surface area (Å²) in [7, 11) is 0. The van der Waals surface area contributed by atoms with E-state index < -0.39 is 0 Å². The van der Waals surface area contributed by atoms with Gasteiger partial charge in [0, 0.05) is 12.5 Å². The Hall–Kier alpha value is -2.71. The molecule has 1 fully saturated rings. The van der Waals surface area contributed by atoms with Crippen LogP contribution < -0.4 is 10.1 Å². The fourth-order valence-corrected chi connectivity index (χ4v) is 4.31. The van der Waals surface area contributed by atoms with Crippen LogP contribution in [-0.2, 0) is 17.9 Å². The van der Waals surface area contributed by atoms with Crippen LogP contribution in [0.2, 0.25) is 0 Å². The van der Waals surface area contributed by atoms with Crippen LogP contribution in [0.3, 0.4) is 0 Å². The molecule has 0 saturated carbocycles. The first kappa shape index (κ1) is 21.5. The van der Waals surface area contributed by atoms with Crippen LogP contribution in [-0.4, -0.2) is 40.1 Å². The molecule has 1 aromatic carbocycles. The summed E-state index contributed by atoms with van der Waals surface area (Å²) in [6.45, 7) is 6.85. The number of hydrogen-bond donors (Lipinski definition) is 1. The van der Waals surface area contributed by atoms with Crippen molar-refractivity contribution >= 4 is 17.2 Å². The molecular weight excluding hydrogens is 412 g/mol. The van der Waals surface area contributed by atoms with Crippen LogP contribution in [0.15, 0.2) is 46.3 Å². The SMILES string of the molecule is CC(C)Oc1ccc(CNC(=O)C2CCN(Cc3nc(-c4cccs4)no3)CC2)cc1. The van der Waals surface area contributed by atoms with Crippen LogP contribution in [0.5, 0.6) is 5.75 Å². The molecular formula is C23H28N4O3S. The van der Waals surface area contributed by atoms with E-state index in [0.29, 0.717) is 24.8 Å². The molecule has 31 heavy (non-hydrogen) atoms. The Morgan fingerprint density at radius 3 is 2.71 bits per heavy atom. The Balaban J connectivity index is 1.20. The summed E-state index contributed by atoms with van der Waals surface area (Å²) < 4.78 is 11.1. The van der Waals surface area contributed by atoms with Gasteiger partial charge in [-0.2, -0.15) is 4.98 Å². The molecule has 0 bridgehead atoms. The quantitative estimate of drug-likeness (QED) is 0.568. The van der Waals surface area contributed by atoms with Gasteiger partial charge in [0.2, 0.25) is 17.6 Å². The van der Waals surface area contributed by atoms with E-state index >= 15 is 0 Å². The predicted molar refractivity (Wildman–Crippen MR) is 120 cm³/mol. The molecule has 1 amide bonds. The van der Waals surface area contributed by atoms with Crippen molar-refractivity contribution in [2.24, 2.45) is 5.92 Å². The van der Waals surface area contributed by atoms with E-state index in [1.54, 1.807) is 11.3 Å². The smallest absolute Gasteiger partial charge is 0.241 e. The standard InChI is InChI=1S/C23H28N4O3S/c1-16(2)29-19-7-5-17(6-8-19)14-24-23(28)18-9-11-27(12-10-18)15-21-25-22(26-30-21)20-4-3-13-31-20/h3-8,13,16,18H,9-12,14-15H2,1-2H3,(H,24,28). The number of hydrogen-bond acceptors (Lipinski definition) is 7. The number of thiophene rings is 1. The number of piperidine rings is 1. The van der Waals surface area contributed by atoms with E-state index in [-0.39, 0.29) is 17.9 Å². The number of likely N-dealkylation sites (tertiary alicyclic amines) is 1. The second kappa shape index (κ2) is 10.1. The zero-order chi connectivity index (χ0) is 21.6. The second-order valence-corrected chi connectivity index (χ2v) is 9.02. The highest BCUT2D eigenvalue weighted by molar-refractivity contribution is 7.13. The number of aromatic nitrogens is 2. The first-order chi connectivity index (χ1) is 15.1. The van der Waals surface area contributed by atoms with E-state index in [4.69, 9.17) is 9.26 Å². The Morgan fingerprint density at radius 2 is 2.03 bits per heavy atom. The highest BCUT2D eigenvalue weighted by atomic mass is 32.1. The summed E-state index contributed by atoms with van der Waals surface area (Å²) in [4.78, 5) is 20.4. The summed E-state index contributed by atoms with van der Waals surface area (Å²) in [5, 5.41) is 9.14. The lowest BCUT2D eigenvalue weighted by atomic mass is 9.96. The molecule has 3 aromatic rings. The Morgan fingerprint density at radius 1 is 1.26 bits per heavy atom. The van der Waals surface area contributed by atoms with Gasteiger partial charge in [-0.15, -0.1) is 11.3 Å². The Kier molecular flexibility index (Phi) is 6.99. The van der Waals surface area contributed by atoms with Crippen molar-refractivity contribution in [1.82, 2.24) is 20.4 Å². The van der Waals surface area contributed by atoms with Crippen LogP contribution in [0.4, 0.5) is 0 Å². The zero-order valence-electron chi connectivity index (χ0n) is 17.9. The van der Waals surface area contributed by atoms with Crippen LogP contribution in [0.1, 0.15) is 38.1 Å². The highest BCUT2D eigenvalue weighted by Crippen LogP contribution is 2.23. The number of nitrogens with one attached hydrogen (secondary N) is 1. The number of nitrogens with zero attached hydrogens (tertiary/aromatic N) is 3. The monoisotopic (exact) mass is 440 g/mol. The molecule has 0 unspecified atom stereocenters. The molecule has 7 nitrogen and oxygen atoms in total. The molecule has 4 rings (SSSR count). The van der Waals surface area contributed by atoms with Gasteiger partial charge >= 0.3 is 0 Å². The van der Waals surface area contributed by atoms with Gasteiger partial charge in [-0.25, -0.2) is 0 Å². The summed E-state index contributed by atoms with van der Waals surface area (Å²) >= 11 is 1.60. The molecule has 1 N–H and O–H groups in total. The maximum Gasteiger partial charge on any atom is 0.241 e. The van der Waals surface area contributed by atoms with Crippen LogP contribution in [0, 0.1) is 5.92 Å². The van der Waals surface area contributed by atoms with Crippen molar-refractivity contribution in [2.45, 2.75) is 45.9 Å². The number of carbonyl (C=O) groups excluding carboxylic acids is 1. The fraction of sp³-hybridized carbons (Fsp3) is 0.435. The summed E-state index contributed by atoms with van der Waals surface area (Å²) in [5.41, 5.74) is 1.07. The van der Waals surface area contributed by atoms with E-state index in [1.165, 1.54) is 0 Å². The number of amides is 1. The van der Waals surface area contributed by atoms with E-state index in [2.05, 4.69) is 20.4 Å². The summed E-state index contributed by atoms with van der Waals surface area (Å²) in [6, 6.07) is 11.8. The van der Waals surface area contributed by atoms with Crippen molar-refractivity contribution in [3.05, 3.63) is 53.2 Å². The number of rotatable bonds is 8. The molecule has 164 valence electrons. The third kappa shape index (κ3) is 5.92. The Bertz CT molecular complexity index is 961. The fourth-order valence-electron chi connectivity index (χ4n) is 3.66. The number of benzene rings is 1. The third-order valence-electron chi connectivity index (χ3n) is 5.29. The molecule has 0 spiro atoms. The van der Waals surface area contributed by atoms with Crippen molar-refractivity contribution < 1.29 is 14.1 Å². The molecule has 1 aliphatic rings. The van der Waals surface area contributed by atoms with Gasteiger partial charge in [-0.1, -0.05) is 23.4 Å². The second-order valence-electron chi connectivity index (χ2n) is 8.07. The number of carbonyl (C=O) groups is 1. The summed E-state index contributed by atoms with van der Waals surface area (Å²) in [6.07, 6.45) is 1.82. The van der Waals surface area contributed by atoms with E-state index in [1.807, 2.05) is 55.6 Å². The van der Waals surface area contributed by atoms with Crippen LogP contribution in [0.25, 0.3) is 10.7 Å². The average molecular weight is 441 g/mol. The first-order valence-electron chi connectivity index (χ1n) is 10.7. The third-order valence-corrected chi connectivity index (χ3v) is 6.15. The lowest BCUT2D eigenvalue weighted by molar-refractivity contribution is -0.126. The zero-order valence-corrected chi connectivity index (χ0v) is 18.7. The minimum absolute atomic E-state index is 0.0455.